The lowest BCUT2D eigenvalue weighted by Gasteiger charge is -2.22. The Hall–Kier alpha value is -3.42. The minimum Gasteiger partial charge on any atom is -0.494 e. The minimum absolute atomic E-state index is 0.173. The van der Waals surface area contributed by atoms with Gasteiger partial charge in [-0.15, -0.1) is 0 Å². The maximum Gasteiger partial charge on any atom is 0.332 e. The summed E-state index contributed by atoms with van der Waals surface area (Å²) in [6, 6.07) is 10.7. The van der Waals surface area contributed by atoms with Crippen molar-refractivity contribution in [2.45, 2.75) is 39.7 Å². The predicted molar refractivity (Wildman–Crippen MR) is 120 cm³/mol. The minimum atomic E-state index is -0.922. The first-order valence-corrected chi connectivity index (χ1v) is 10.7. The molecule has 0 radical (unpaired) electrons. The Morgan fingerprint density at radius 1 is 1.09 bits per heavy atom. The Balaban J connectivity index is 1.76. The number of halogens is 1. The van der Waals surface area contributed by atoms with Crippen molar-refractivity contribution in [3.63, 3.8) is 0 Å². The predicted octanol–water partition coefficient (Wildman–Crippen LogP) is 4.44. The van der Waals surface area contributed by atoms with Gasteiger partial charge in [-0.05, 0) is 67.8 Å². The zero-order valence-corrected chi connectivity index (χ0v) is 18.5. The van der Waals surface area contributed by atoms with Crippen LogP contribution in [0.1, 0.15) is 33.6 Å². The lowest BCUT2D eigenvalue weighted by molar-refractivity contribution is -0.124. The molecule has 0 spiro atoms. The smallest absolute Gasteiger partial charge is 0.332 e. The molecule has 0 unspecified atom stereocenters. The van der Waals surface area contributed by atoms with Gasteiger partial charge in [0.2, 0.25) is 5.91 Å². The molecular formula is C24H28FN3O4. The summed E-state index contributed by atoms with van der Waals surface area (Å²) in [5.74, 6) is -0.327. The van der Waals surface area contributed by atoms with Crippen molar-refractivity contribution < 1.29 is 23.5 Å². The maximum atomic E-state index is 13.3. The van der Waals surface area contributed by atoms with E-state index >= 15 is 0 Å². The summed E-state index contributed by atoms with van der Waals surface area (Å²) in [5.41, 5.74) is 0.852. The number of ether oxygens (including phenoxy) is 1. The summed E-state index contributed by atoms with van der Waals surface area (Å²) in [7, 11) is 0. The van der Waals surface area contributed by atoms with E-state index in [0.717, 1.165) is 4.90 Å². The molecule has 1 aliphatic rings. The summed E-state index contributed by atoms with van der Waals surface area (Å²) in [4.78, 5) is 41.3. The Bertz CT molecular complexity index is 960. The summed E-state index contributed by atoms with van der Waals surface area (Å²) >= 11 is 0. The number of amides is 4. The van der Waals surface area contributed by atoms with Gasteiger partial charge in [-0.3, -0.25) is 9.59 Å². The molecule has 1 N–H and O–H groups in total. The highest BCUT2D eigenvalue weighted by Gasteiger charge is 2.46. The third-order valence-electron chi connectivity index (χ3n) is 5.18. The fourth-order valence-corrected chi connectivity index (χ4v) is 3.50. The molecular weight excluding hydrogens is 413 g/mol. The molecule has 1 aliphatic heterocycles. The van der Waals surface area contributed by atoms with E-state index in [-0.39, 0.29) is 18.0 Å². The topological polar surface area (TPSA) is 79.0 Å². The molecule has 32 heavy (non-hydrogen) atoms. The number of anilines is 2. The van der Waals surface area contributed by atoms with Gasteiger partial charge in [0.1, 0.15) is 17.6 Å². The van der Waals surface area contributed by atoms with E-state index in [0.29, 0.717) is 36.9 Å². The van der Waals surface area contributed by atoms with E-state index in [2.05, 4.69) is 5.32 Å². The molecule has 2 aromatic rings. The first-order valence-electron chi connectivity index (χ1n) is 10.7. The van der Waals surface area contributed by atoms with E-state index in [1.165, 1.54) is 29.2 Å². The second kappa shape index (κ2) is 10.3. The van der Waals surface area contributed by atoms with Crippen LogP contribution in [0.3, 0.4) is 0 Å². The van der Waals surface area contributed by atoms with E-state index in [1.807, 2.05) is 20.8 Å². The number of hydrogen-bond acceptors (Lipinski definition) is 4. The van der Waals surface area contributed by atoms with Crippen molar-refractivity contribution >= 4 is 29.2 Å². The van der Waals surface area contributed by atoms with Crippen LogP contribution in [0, 0.1) is 11.7 Å². The highest BCUT2D eigenvalue weighted by molar-refractivity contribution is 6.22. The van der Waals surface area contributed by atoms with E-state index in [1.54, 1.807) is 24.3 Å². The largest absolute Gasteiger partial charge is 0.494 e. The first kappa shape index (κ1) is 23.2. The van der Waals surface area contributed by atoms with E-state index < -0.39 is 23.8 Å². The number of benzene rings is 2. The van der Waals surface area contributed by atoms with E-state index in [9.17, 15) is 18.8 Å². The van der Waals surface area contributed by atoms with Crippen LogP contribution in [0.2, 0.25) is 0 Å². The SMILES string of the molecule is CCOc1ccc(NC(=O)C[C@H]2C(=O)N(c3ccc(F)cc3)C(=O)N2CCC(C)C)cc1. The monoisotopic (exact) mass is 441 g/mol. The number of nitrogens with one attached hydrogen (secondary N) is 1. The molecule has 7 nitrogen and oxygen atoms in total. The van der Waals surface area contributed by atoms with Gasteiger partial charge in [0.15, 0.2) is 0 Å². The molecule has 4 amide bonds. The molecule has 2 aromatic carbocycles. The van der Waals surface area contributed by atoms with Crippen LogP contribution in [-0.4, -0.2) is 41.9 Å². The number of imide groups is 1. The van der Waals surface area contributed by atoms with Crippen molar-refractivity contribution in [3.8, 4) is 5.75 Å². The van der Waals surface area contributed by atoms with Crippen LogP contribution >= 0.6 is 0 Å². The molecule has 0 bridgehead atoms. The average Bonchev–Trinajstić information content (AvgIpc) is 2.98. The van der Waals surface area contributed by atoms with Gasteiger partial charge in [0.05, 0.1) is 18.7 Å². The Labute approximate surface area is 187 Å². The molecule has 0 aromatic heterocycles. The van der Waals surface area contributed by atoms with Gasteiger partial charge in [-0.1, -0.05) is 13.8 Å². The lowest BCUT2D eigenvalue weighted by atomic mass is 10.1. The van der Waals surface area contributed by atoms with Crippen molar-refractivity contribution in [3.05, 3.63) is 54.3 Å². The molecule has 1 saturated heterocycles. The van der Waals surface area contributed by atoms with Crippen molar-refractivity contribution in [2.24, 2.45) is 5.92 Å². The number of urea groups is 1. The van der Waals surface area contributed by atoms with Crippen LogP contribution in [-0.2, 0) is 9.59 Å². The van der Waals surface area contributed by atoms with E-state index in [4.69, 9.17) is 4.74 Å². The number of nitrogens with zero attached hydrogens (tertiary/aromatic N) is 2. The zero-order chi connectivity index (χ0) is 23.3. The third-order valence-corrected chi connectivity index (χ3v) is 5.18. The summed E-state index contributed by atoms with van der Waals surface area (Å²) < 4.78 is 18.7. The highest BCUT2D eigenvalue weighted by Crippen LogP contribution is 2.28. The third kappa shape index (κ3) is 5.43. The van der Waals surface area contributed by atoms with Crippen LogP contribution in [0.15, 0.2) is 48.5 Å². The van der Waals surface area contributed by atoms with Gasteiger partial charge in [-0.2, -0.15) is 0 Å². The van der Waals surface area contributed by atoms with Crippen molar-refractivity contribution in [1.29, 1.82) is 0 Å². The average molecular weight is 442 g/mol. The molecule has 3 rings (SSSR count). The standard InChI is InChI=1S/C24H28FN3O4/c1-4-32-20-11-7-18(8-12-20)26-22(29)15-21-23(30)28(19-9-5-17(25)6-10-19)24(31)27(21)14-13-16(2)3/h5-12,16,21H,4,13-15H2,1-3H3,(H,26,29)/t21-/m0/s1. The second-order valence-electron chi connectivity index (χ2n) is 8.03. The molecule has 0 aliphatic carbocycles. The van der Waals surface area contributed by atoms with Gasteiger partial charge in [0, 0.05) is 12.2 Å². The quantitative estimate of drug-likeness (QED) is 0.584. The molecule has 170 valence electrons. The van der Waals surface area contributed by atoms with Crippen LogP contribution in [0.4, 0.5) is 20.6 Å². The number of hydrogen-bond donors (Lipinski definition) is 1. The highest BCUT2D eigenvalue weighted by atomic mass is 19.1. The maximum absolute atomic E-state index is 13.3. The Kier molecular flexibility index (Phi) is 7.45. The Morgan fingerprint density at radius 3 is 2.34 bits per heavy atom. The Morgan fingerprint density at radius 2 is 1.75 bits per heavy atom. The van der Waals surface area contributed by atoms with Crippen LogP contribution in [0.5, 0.6) is 5.75 Å². The normalized spacial score (nSPS) is 16.1. The van der Waals surface area contributed by atoms with Gasteiger partial charge < -0.3 is 15.0 Å². The molecule has 1 atom stereocenters. The molecule has 1 fully saturated rings. The van der Waals surface area contributed by atoms with Gasteiger partial charge in [-0.25, -0.2) is 14.1 Å². The van der Waals surface area contributed by atoms with Crippen molar-refractivity contribution in [1.82, 2.24) is 4.90 Å². The zero-order valence-electron chi connectivity index (χ0n) is 18.5. The fraction of sp³-hybridized carbons (Fsp3) is 0.375. The molecule has 0 saturated carbocycles. The van der Waals surface area contributed by atoms with Crippen LogP contribution < -0.4 is 15.0 Å². The first-order chi connectivity index (χ1) is 15.3. The molecule has 1 heterocycles. The summed E-state index contributed by atoms with van der Waals surface area (Å²) in [6.07, 6.45) is 0.515. The number of carbonyl (C=O) groups is 3. The lowest BCUT2D eigenvalue weighted by Crippen LogP contribution is -2.39. The summed E-state index contributed by atoms with van der Waals surface area (Å²) in [5, 5.41) is 2.77. The second-order valence-corrected chi connectivity index (χ2v) is 8.03. The van der Waals surface area contributed by atoms with Gasteiger partial charge >= 0.3 is 6.03 Å². The number of carbonyl (C=O) groups excluding carboxylic acids is 3. The van der Waals surface area contributed by atoms with Gasteiger partial charge in [0.25, 0.3) is 5.91 Å². The number of rotatable bonds is 9. The van der Waals surface area contributed by atoms with Crippen LogP contribution in [0.25, 0.3) is 0 Å². The fourth-order valence-electron chi connectivity index (χ4n) is 3.50. The molecule has 8 heteroatoms. The summed E-state index contributed by atoms with van der Waals surface area (Å²) in [6.45, 7) is 6.82. The van der Waals surface area contributed by atoms with Crippen molar-refractivity contribution in [2.75, 3.05) is 23.4 Å².